The molecule has 0 fully saturated rings. The molecule has 0 atom stereocenters. The fraction of sp³-hybridized carbons (Fsp3) is 0.385. The van der Waals surface area contributed by atoms with Crippen molar-refractivity contribution >= 4 is 29.3 Å². The van der Waals surface area contributed by atoms with E-state index in [4.69, 9.17) is 0 Å². The summed E-state index contributed by atoms with van der Waals surface area (Å²) in [5.41, 5.74) is 0.950. The Hall–Kier alpha value is -1.34. The molecule has 5 nitrogen and oxygen atoms in total. The third kappa shape index (κ3) is 4.35. The number of nitrogens with zero attached hydrogens (tertiary/aromatic N) is 4. The van der Waals surface area contributed by atoms with Gasteiger partial charge in [0.25, 0.3) is 0 Å². The Morgan fingerprint density at radius 3 is 2.75 bits per heavy atom. The van der Waals surface area contributed by atoms with Crippen molar-refractivity contribution in [2.45, 2.75) is 35.6 Å². The summed E-state index contributed by atoms with van der Waals surface area (Å²) in [5.74, 6) is 0.848. The summed E-state index contributed by atoms with van der Waals surface area (Å²) in [6, 6.07) is 3.82. The minimum Gasteiger partial charge on any atom is -0.370 e. The van der Waals surface area contributed by atoms with E-state index < -0.39 is 0 Å². The van der Waals surface area contributed by atoms with Crippen LogP contribution in [0.4, 0.5) is 5.82 Å². The van der Waals surface area contributed by atoms with Crippen LogP contribution in [-0.4, -0.2) is 32.7 Å². The number of hydrogen-bond acceptors (Lipinski definition) is 7. The van der Waals surface area contributed by atoms with Gasteiger partial charge in [0.1, 0.15) is 10.8 Å². The van der Waals surface area contributed by atoms with Crippen molar-refractivity contribution in [2.24, 2.45) is 0 Å². The first-order chi connectivity index (χ1) is 9.71. The summed E-state index contributed by atoms with van der Waals surface area (Å²) in [4.78, 5) is 17.5. The highest BCUT2D eigenvalue weighted by Gasteiger charge is 2.07. The van der Waals surface area contributed by atoms with Gasteiger partial charge >= 0.3 is 0 Å². The number of hydrogen-bond donors (Lipinski definition) is 1. The maximum atomic E-state index is 4.48. The lowest BCUT2D eigenvalue weighted by Gasteiger charge is -2.07. The second-order valence-corrected chi connectivity index (χ2v) is 5.85. The van der Waals surface area contributed by atoms with Crippen LogP contribution >= 0.6 is 23.5 Å². The minimum absolute atomic E-state index is 0.706. The summed E-state index contributed by atoms with van der Waals surface area (Å²) in [5, 5.41) is 5.60. The standard InChI is InChI=1S/C13H17N5S2/c1-4-6-14-10-8-11(18-13(17-10)19-3)20-12-15-7-5-9(2)16-12/h5,7-8H,4,6H2,1-3H3,(H,14,17,18). The van der Waals surface area contributed by atoms with E-state index in [9.17, 15) is 0 Å². The summed E-state index contributed by atoms with van der Waals surface area (Å²) >= 11 is 2.98. The molecule has 0 saturated carbocycles. The normalized spacial score (nSPS) is 10.6. The molecule has 2 rings (SSSR count). The van der Waals surface area contributed by atoms with Gasteiger partial charge in [-0.15, -0.1) is 0 Å². The molecule has 0 aliphatic carbocycles. The Balaban J connectivity index is 2.21. The van der Waals surface area contributed by atoms with Crippen LogP contribution < -0.4 is 5.32 Å². The van der Waals surface area contributed by atoms with Crippen LogP contribution in [-0.2, 0) is 0 Å². The first-order valence-electron chi connectivity index (χ1n) is 6.35. The molecule has 0 unspecified atom stereocenters. The highest BCUT2D eigenvalue weighted by atomic mass is 32.2. The molecular weight excluding hydrogens is 290 g/mol. The van der Waals surface area contributed by atoms with Gasteiger partial charge in [-0.05, 0) is 37.4 Å². The van der Waals surface area contributed by atoms with Gasteiger partial charge in [0.15, 0.2) is 10.3 Å². The predicted molar refractivity (Wildman–Crippen MR) is 83.5 cm³/mol. The Kier molecular flexibility index (Phi) is 5.60. The second kappa shape index (κ2) is 7.44. The van der Waals surface area contributed by atoms with Crippen LogP contribution in [0.25, 0.3) is 0 Å². The molecule has 106 valence electrons. The molecule has 0 spiro atoms. The number of rotatable bonds is 6. The first-order valence-corrected chi connectivity index (χ1v) is 8.40. The monoisotopic (exact) mass is 307 g/mol. The molecule has 0 bridgehead atoms. The lowest BCUT2D eigenvalue weighted by atomic mass is 10.4. The SMILES string of the molecule is CCCNc1cc(Sc2nccc(C)n2)nc(SC)n1. The smallest absolute Gasteiger partial charge is 0.194 e. The zero-order valence-electron chi connectivity index (χ0n) is 11.8. The van der Waals surface area contributed by atoms with Crippen molar-refractivity contribution in [1.82, 2.24) is 19.9 Å². The second-order valence-electron chi connectivity index (χ2n) is 4.09. The molecule has 0 amide bonds. The van der Waals surface area contributed by atoms with Gasteiger partial charge in [-0.1, -0.05) is 18.7 Å². The molecule has 0 saturated heterocycles. The van der Waals surface area contributed by atoms with Gasteiger partial charge in [0.05, 0.1) is 0 Å². The molecule has 2 aromatic heterocycles. The van der Waals surface area contributed by atoms with Gasteiger partial charge in [0, 0.05) is 24.5 Å². The molecule has 0 aliphatic rings. The van der Waals surface area contributed by atoms with Gasteiger partial charge in [0.2, 0.25) is 0 Å². The van der Waals surface area contributed by atoms with E-state index in [0.29, 0.717) is 5.16 Å². The Labute approximate surface area is 127 Å². The minimum atomic E-state index is 0.706. The Morgan fingerprint density at radius 2 is 2.05 bits per heavy atom. The lowest BCUT2D eigenvalue weighted by molar-refractivity contribution is 0.870. The van der Waals surface area contributed by atoms with Crippen molar-refractivity contribution in [3.63, 3.8) is 0 Å². The summed E-state index contributed by atoms with van der Waals surface area (Å²) < 4.78 is 0. The summed E-state index contributed by atoms with van der Waals surface area (Å²) in [6.45, 7) is 4.98. The molecular formula is C13H17N5S2. The van der Waals surface area contributed by atoms with E-state index in [-0.39, 0.29) is 0 Å². The molecule has 20 heavy (non-hydrogen) atoms. The van der Waals surface area contributed by atoms with E-state index in [2.05, 4.69) is 32.2 Å². The van der Waals surface area contributed by atoms with E-state index >= 15 is 0 Å². The number of aromatic nitrogens is 4. The average molecular weight is 307 g/mol. The zero-order valence-corrected chi connectivity index (χ0v) is 13.4. The third-order valence-electron chi connectivity index (χ3n) is 2.39. The van der Waals surface area contributed by atoms with Crippen LogP contribution in [0.2, 0.25) is 0 Å². The molecule has 2 aromatic rings. The van der Waals surface area contributed by atoms with Crippen molar-refractivity contribution in [3.8, 4) is 0 Å². The van der Waals surface area contributed by atoms with Crippen molar-refractivity contribution in [2.75, 3.05) is 18.1 Å². The van der Waals surface area contributed by atoms with Crippen LogP contribution in [0.3, 0.4) is 0 Å². The maximum absolute atomic E-state index is 4.48. The average Bonchev–Trinajstić information content (AvgIpc) is 2.45. The molecule has 7 heteroatoms. The molecule has 0 aliphatic heterocycles. The van der Waals surface area contributed by atoms with Gasteiger partial charge < -0.3 is 5.32 Å². The van der Waals surface area contributed by atoms with Gasteiger partial charge in [-0.3, -0.25) is 0 Å². The van der Waals surface area contributed by atoms with Crippen LogP contribution in [0, 0.1) is 6.92 Å². The van der Waals surface area contributed by atoms with E-state index in [1.165, 1.54) is 23.5 Å². The molecule has 1 N–H and O–H groups in total. The number of thioether (sulfide) groups is 1. The number of aryl methyl sites for hydroxylation is 1. The lowest BCUT2D eigenvalue weighted by Crippen LogP contribution is -2.03. The summed E-state index contributed by atoms with van der Waals surface area (Å²) in [7, 11) is 0. The number of anilines is 1. The molecule has 0 radical (unpaired) electrons. The maximum Gasteiger partial charge on any atom is 0.194 e. The van der Waals surface area contributed by atoms with Crippen LogP contribution in [0.1, 0.15) is 19.0 Å². The van der Waals surface area contributed by atoms with Gasteiger partial charge in [-0.2, -0.15) is 0 Å². The van der Waals surface area contributed by atoms with Crippen molar-refractivity contribution < 1.29 is 0 Å². The highest BCUT2D eigenvalue weighted by Crippen LogP contribution is 2.26. The number of nitrogens with one attached hydrogen (secondary N) is 1. The predicted octanol–water partition coefficient (Wildman–Crippen LogP) is 3.27. The highest BCUT2D eigenvalue weighted by molar-refractivity contribution is 7.99. The third-order valence-corrected chi connectivity index (χ3v) is 3.73. The van der Waals surface area contributed by atoms with E-state index in [0.717, 1.165) is 34.7 Å². The van der Waals surface area contributed by atoms with E-state index in [1.807, 2.05) is 25.3 Å². The van der Waals surface area contributed by atoms with Gasteiger partial charge in [-0.25, -0.2) is 19.9 Å². The van der Waals surface area contributed by atoms with Crippen molar-refractivity contribution in [3.05, 3.63) is 24.0 Å². The fourth-order valence-electron chi connectivity index (χ4n) is 1.46. The quantitative estimate of drug-likeness (QED) is 0.499. The largest absolute Gasteiger partial charge is 0.370 e. The molecule has 2 heterocycles. The van der Waals surface area contributed by atoms with Crippen molar-refractivity contribution in [1.29, 1.82) is 0 Å². The summed E-state index contributed by atoms with van der Waals surface area (Å²) in [6.07, 6.45) is 4.79. The fourth-order valence-corrected chi connectivity index (χ4v) is 2.69. The molecule has 0 aromatic carbocycles. The zero-order chi connectivity index (χ0) is 14.4. The Bertz CT molecular complexity index is 576. The van der Waals surface area contributed by atoms with E-state index in [1.54, 1.807) is 6.20 Å². The topological polar surface area (TPSA) is 63.6 Å². The Morgan fingerprint density at radius 1 is 1.20 bits per heavy atom. The first kappa shape index (κ1) is 15.1. The van der Waals surface area contributed by atoms with Crippen LogP contribution in [0.15, 0.2) is 33.7 Å². The van der Waals surface area contributed by atoms with Crippen LogP contribution in [0.5, 0.6) is 0 Å².